The molecule has 0 atom stereocenters. The summed E-state index contributed by atoms with van der Waals surface area (Å²) in [7, 11) is 0. The molecule has 3 aromatic rings. The number of carbonyl (C=O) groups is 1. The highest BCUT2D eigenvalue weighted by Gasteiger charge is 2.06. The van der Waals surface area contributed by atoms with Gasteiger partial charge in [0.25, 0.3) is 0 Å². The number of phenols is 1. The molecule has 0 radical (unpaired) electrons. The van der Waals surface area contributed by atoms with Crippen molar-refractivity contribution in [2.75, 3.05) is 6.54 Å². The van der Waals surface area contributed by atoms with Gasteiger partial charge in [0.05, 0.1) is 0 Å². The second-order valence-corrected chi connectivity index (χ2v) is 6.21. The van der Waals surface area contributed by atoms with Crippen molar-refractivity contribution >= 4 is 28.4 Å². The average Bonchev–Trinajstić information content (AvgIpc) is 2.96. The number of hydrogen-bond donors (Lipinski definition) is 3. The van der Waals surface area contributed by atoms with Gasteiger partial charge in [-0.2, -0.15) is 0 Å². The van der Waals surface area contributed by atoms with Gasteiger partial charge in [0, 0.05) is 41.2 Å². The van der Waals surface area contributed by atoms with E-state index in [1.165, 1.54) is 0 Å². The molecule has 3 N–H and O–H groups in total. The number of aromatic nitrogens is 1. The smallest absolute Gasteiger partial charge is 0.220 e. The van der Waals surface area contributed by atoms with Crippen LogP contribution in [0, 0.1) is 0 Å². The molecule has 3 rings (SSSR count). The van der Waals surface area contributed by atoms with E-state index in [-0.39, 0.29) is 11.7 Å². The molecule has 0 fully saturated rings. The molecular weight excluding hydrogens is 324 g/mol. The maximum absolute atomic E-state index is 11.9. The highest BCUT2D eigenvalue weighted by Crippen LogP contribution is 2.22. The number of phenolic OH excluding ortho intramolecular Hbond substituents is 1. The molecule has 1 amide bonds. The molecule has 0 unspecified atom stereocenters. The van der Waals surface area contributed by atoms with Crippen molar-refractivity contribution in [3.8, 4) is 5.75 Å². The Kier molecular flexibility index (Phi) is 5.06. The normalized spacial score (nSPS) is 10.9. The molecule has 124 valence electrons. The molecule has 1 aromatic heterocycles. The minimum Gasteiger partial charge on any atom is -0.508 e. The maximum atomic E-state index is 11.9. The molecule has 5 heteroatoms. The monoisotopic (exact) mass is 342 g/mol. The Bertz CT molecular complexity index is 840. The van der Waals surface area contributed by atoms with Crippen LogP contribution in [0.2, 0.25) is 5.02 Å². The first-order chi connectivity index (χ1) is 11.6. The van der Waals surface area contributed by atoms with Crippen molar-refractivity contribution in [2.45, 2.75) is 19.3 Å². The molecule has 0 aliphatic carbocycles. The summed E-state index contributed by atoms with van der Waals surface area (Å²) in [6.45, 7) is 0.591. The van der Waals surface area contributed by atoms with Crippen molar-refractivity contribution in [3.05, 3.63) is 64.8 Å². The summed E-state index contributed by atoms with van der Waals surface area (Å²) in [4.78, 5) is 15.1. The van der Waals surface area contributed by atoms with Crippen LogP contribution in [0.25, 0.3) is 10.9 Å². The second-order valence-electron chi connectivity index (χ2n) is 5.77. The Balaban J connectivity index is 1.47. The number of aromatic hydroxyl groups is 1. The third kappa shape index (κ3) is 4.09. The maximum Gasteiger partial charge on any atom is 0.220 e. The number of fused-ring (bicyclic) bond motifs is 1. The zero-order valence-corrected chi connectivity index (χ0v) is 13.9. The molecule has 0 aliphatic rings. The molecule has 2 aromatic carbocycles. The van der Waals surface area contributed by atoms with E-state index in [1.807, 2.05) is 36.5 Å². The molecule has 0 bridgehead atoms. The Hall–Kier alpha value is -2.46. The zero-order valence-electron chi connectivity index (χ0n) is 13.2. The van der Waals surface area contributed by atoms with Crippen molar-refractivity contribution in [3.63, 3.8) is 0 Å². The first-order valence-corrected chi connectivity index (χ1v) is 8.30. The van der Waals surface area contributed by atoms with Gasteiger partial charge in [0.2, 0.25) is 5.91 Å². The van der Waals surface area contributed by atoms with E-state index in [1.54, 1.807) is 12.1 Å². The molecule has 0 saturated heterocycles. The van der Waals surface area contributed by atoms with E-state index < -0.39 is 0 Å². The Labute approximate surface area is 145 Å². The Morgan fingerprint density at radius 1 is 1.12 bits per heavy atom. The van der Waals surface area contributed by atoms with Crippen molar-refractivity contribution < 1.29 is 9.90 Å². The predicted octanol–water partition coefficient (Wildman–Crippen LogP) is 3.82. The van der Waals surface area contributed by atoms with E-state index in [0.717, 1.165) is 28.5 Å². The summed E-state index contributed by atoms with van der Waals surface area (Å²) in [6, 6.07) is 12.8. The number of H-pyrrole nitrogens is 1. The highest BCUT2D eigenvalue weighted by atomic mass is 35.5. The first-order valence-electron chi connectivity index (χ1n) is 7.92. The lowest BCUT2D eigenvalue weighted by atomic mass is 10.1. The van der Waals surface area contributed by atoms with E-state index in [9.17, 15) is 9.90 Å². The lowest BCUT2D eigenvalue weighted by molar-refractivity contribution is -0.121. The van der Waals surface area contributed by atoms with Gasteiger partial charge in [-0.15, -0.1) is 0 Å². The molecule has 24 heavy (non-hydrogen) atoms. The van der Waals surface area contributed by atoms with E-state index in [0.29, 0.717) is 24.4 Å². The first kappa shape index (κ1) is 16.4. The van der Waals surface area contributed by atoms with Gasteiger partial charge in [0.15, 0.2) is 0 Å². The van der Waals surface area contributed by atoms with E-state index in [4.69, 9.17) is 11.6 Å². The summed E-state index contributed by atoms with van der Waals surface area (Å²) in [5.74, 6) is 0.286. The average molecular weight is 343 g/mol. The van der Waals surface area contributed by atoms with Crippen LogP contribution in [0.1, 0.15) is 17.5 Å². The van der Waals surface area contributed by atoms with Gasteiger partial charge in [-0.1, -0.05) is 23.7 Å². The largest absolute Gasteiger partial charge is 0.508 e. The molecule has 0 saturated carbocycles. The van der Waals surface area contributed by atoms with Crippen LogP contribution in [-0.4, -0.2) is 22.5 Å². The van der Waals surface area contributed by atoms with Crippen LogP contribution < -0.4 is 5.32 Å². The molecular formula is C19H19ClN2O2. The number of rotatable bonds is 6. The quantitative estimate of drug-likeness (QED) is 0.637. The van der Waals surface area contributed by atoms with Crippen LogP contribution in [0.4, 0.5) is 0 Å². The van der Waals surface area contributed by atoms with E-state index >= 15 is 0 Å². The van der Waals surface area contributed by atoms with Crippen molar-refractivity contribution in [1.82, 2.24) is 10.3 Å². The third-order valence-electron chi connectivity index (χ3n) is 4.02. The number of aromatic amines is 1. The summed E-state index contributed by atoms with van der Waals surface area (Å²) >= 11 is 5.85. The number of benzene rings is 2. The van der Waals surface area contributed by atoms with Crippen LogP contribution >= 0.6 is 11.6 Å². The van der Waals surface area contributed by atoms with Gasteiger partial charge >= 0.3 is 0 Å². The minimum absolute atomic E-state index is 0.0439. The SMILES string of the molecule is O=C(CCc1ccc(Cl)cc1)NCCc1c[nH]c2cc(O)ccc12. The number of carbonyl (C=O) groups excluding carboxylic acids is 1. The lowest BCUT2D eigenvalue weighted by Gasteiger charge is -2.05. The summed E-state index contributed by atoms with van der Waals surface area (Å²) in [5.41, 5.74) is 3.13. The fraction of sp³-hybridized carbons (Fsp3) is 0.211. The third-order valence-corrected chi connectivity index (χ3v) is 4.27. The molecule has 0 spiro atoms. The summed E-state index contributed by atoms with van der Waals surface area (Å²) in [5, 5.41) is 14.2. The van der Waals surface area contributed by atoms with Gasteiger partial charge < -0.3 is 15.4 Å². The predicted molar refractivity (Wildman–Crippen MR) is 96.5 cm³/mol. The molecule has 4 nitrogen and oxygen atoms in total. The van der Waals surface area contributed by atoms with Crippen LogP contribution in [0.3, 0.4) is 0 Å². The van der Waals surface area contributed by atoms with Crippen LogP contribution in [-0.2, 0) is 17.6 Å². The number of hydrogen-bond acceptors (Lipinski definition) is 2. The van der Waals surface area contributed by atoms with Crippen molar-refractivity contribution in [2.24, 2.45) is 0 Å². The van der Waals surface area contributed by atoms with Gasteiger partial charge in [-0.05, 0) is 48.2 Å². The summed E-state index contributed by atoms with van der Waals surface area (Å²) in [6.07, 6.45) is 3.83. The lowest BCUT2D eigenvalue weighted by Crippen LogP contribution is -2.25. The second kappa shape index (κ2) is 7.41. The fourth-order valence-corrected chi connectivity index (χ4v) is 2.84. The Morgan fingerprint density at radius 3 is 2.71 bits per heavy atom. The number of halogens is 1. The fourth-order valence-electron chi connectivity index (χ4n) is 2.72. The van der Waals surface area contributed by atoms with E-state index in [2.05, 4.69) is 10.3 Å². The van der Waals surface area contributed by atoms with Gasteiger partial charge in [-0.25, -0.2) is 0 Å². The Morgan fingerprint density at radius 2 is 1.92 bits per heavy atom. The molecule has 0 aliphatic heterocycles. The minimum atomic E-state index is 0.0439. The topological polar surface area (TPSA) is 65.1 Å². The van der Waals surface area contributed by atoms with Gasteiger partial charge in [0.1, 0.15) is 5.75 Å². The number of amides is 1. The summed E-state index contributed by atoms with van der Waals surface area (Å²) < 4.78 is 0. The van der Waals surface area contributed by atoms with Crippen molar-refractivity contribution in [1.29, 1.82) is 0 Å². The zero-order chi connectivity index (χ0) is 16.9. The number of nitrogens with one attached hydrogen (secondary N) is 2. The van der Waals surface area contributed by atoms with Crippen LogP contribution in [0.15, 0.2) is 48.7 Å². The standard InChI is InChI=1S/C19H19ClN2O2/c20-15-4-1-13(2-5-15)3-8-19(24)21-10-9-14-12-22-18-11-16(23)6-7-17(14)18/h1-2,4-7,11-12,22-23H,3,8-10H2,(H,21,24). The highest BCUT2D eigenvalue weighted by molar-refractivity contribution is 6.30. The van der Waals surface area contributed by atoms with Gasteiger partial charge in [-0.3, -0.25) is 4.79 Å². The molecule has 1 heterocycles. The van der Waals surface area contributed by atoms with Crippen LogP contribution in [0.5, 0.6) is 5.75 Å². The number of aryl methyl sites for hydroxylation is 1.